The first-order valence-electron chi connectivity index (χ1n) is 3.45. The summed E-state index contributed by atoms with van der Waals surface area (Å²) in [7, 11) is 0. The number of hydrogen-bond acceptors (Lipinski definition) is 2. The van der Waals surface area contributed by atoms with Crippen molar-refractivity contribution in [3.05, 3.63) is 29.8 Å². The van der Waals surface area contributed by atoms with Crippen LogP contribution in [0.3, 0.4) is 0 Å². The minimum atomic E-state index is -2.38. The molecule has 0 saturated heterocycles. The van der Waals surface area contributed by atoms with Gasteiger partial charge >= 0.3 is 5.76 Å². The standard InChI is InChI=1S/C8H9F2NS/c1-6-3-2-4-7(5-6)11-12-8(9)10/h2-5,8,11H,1H3. The second-order valence-electron chi connectivity index (χ2n) is 2.35. The fourth-order valence-electron chi connectivity index (χ4n) is 0.821. The minimum absolute atomic E-state index is 0.410. The lowest BCUT2D eigenvalue weighted by molar-refractivity contribution is 0.252. The van der Waals surface area contributed by atoms with Crippen LogP contribution < -0.4 is 4.72 Å². The maximum atomic E-state index is 11.7. The molecule has 0 bridgehead atoms. The van der Waals surface area contributed by atoms with Gasteiger partial charge in [0.1, 0.15) is 0 Å². The molecule has 1 aromatic carbocycles. The third kappa shape index (κ3) is 3.09. The van der Waals surface area contributed by atoms with Gasteiger partial charge in [-0.05, 0) is 24.6 Å². The zero-order chi connectivity index (χ0) is 8.97. The van der Waals surface area contributed by atoms with Gasteiger partial charge in [0.25, 0.3) is 0 Å². The lowest BCUT2D eigenvalue weighted by Gasteiger charge is -2.04. The highest BCUT2D eigenvalue weighted by Crippen LogP contribution is 2.18. The number of rotatable bonds is 3. The van der Waals surface area contributed by atoms with E-state index < -0.39 is 5.76 Å². The Morgan fingerprint density at radius 2 is 2.17 bits per heavy atom. The van der Waals surface area contributed by atoms with Crippen molar-refractivity contribution in [2.24, 2.45) is 0 Å². The monoisotopic (exact) mass is 189 g/mol. The van der Waals surface area contributed by atoms with Crippen molar-refractivity contribution in [3.63, 3.8) is 0 Å². The minimum Gasteiger partial charge on any atom is -0.325 e. The zero-order valence-corrected chi connectivity index (χ0v) is 7.37. The van der Waals surface area contributed by atoms with E-state index in [0.717, 1.165) is 5.56 Å². The Morgan fingerprint density at radius 3 is 2.75 bits per heavy atom. The van der Waals surface area contributed by atoms with E-state index in [0.29, 0.717) is 17.6 Å². The first-order valence-corrected chi connectivity index (χ1v) is 4.33. The molecule has 1 aromatic rings. The summed E-state index contributed by atoms with van der Waals surface area (Å²) in [6.45, 7) is 1.91. The molecule has 12 heavy (non-hydrogen) atoms. The van der Waals surface area contributed by atoms with Crippen LogP contribution in [-0.2, 0) is 0 Å². The third-order valence-electron chi connectivity index (χ3n) is 1.28. The highest BCUT2D eigenvalue weighted by molar-refractivity contribution is 8.00. The first-order chi connectivity index (χ1) is 5.68. The highest BCUT2D eigenvalue weighted by Gasteiger charge is 2.01. The molecule has 0 aliphatic carbocycles. The molecule has 66 valence electrons. The molecular weight excluding hydrogens is 180 g/mol. The SMILES string of the molecule is Cc1cccc(NSC(F)F)c1. The van der Waals surface area contributed by atoms with E-state index in [4.69, 9.17) is 0 Å². The molecule has 1 N–H and O–H groups in total. The van der Waals surface area contributed by atoms with Crippen LogP contribution >= 0.6 is 11.9 Å². The second-order valence-corrected chi connectivity index (χ2v) is 3.15. The molecule has 0 spiro atoms. The molecule has 0 aliphatic rings. The third-order valence-corrected chi connectivity index (χ3v) is 1.82. The number of benzene rings is 1. The van der Waals surface area contributed by atoms with Crippen molar-refractivity contribution in [2.75, 3.05) is 4.72 Å². The Kier molecular flexibility index (Phi) is 3.34. The summed E-state index contributed by atoms with van der Waals surface area (Å²) in [5.41, 5.74) is 1.76. The van der Waals surface area contributed by atoms with Crippen LogP contribution in [0, 0.1) is 6.92 Å². The summed E-state index contributed by atoms with van der Waals surface area (Å²) < 4.78 is 26.0. The van der Waals surface area contributed by atoms with Crippen molar-refractivity contribution in [1.29, 1.82) is 0 Å². The summed E-state index contributed by atoms with van der Waals surface area (Å²) >= 11 is 0.410. The van der Waals surface area contributed by atoms with Gasteiger partial charge in [-0.1, -0.05) is 12.1 Å². The maximum Gasteiger partial charge on any atom is 0.302 e. The van der Waals surface area contributed by atoms with Crippen molar-refractivity contribution in [1.82, 2.24) is 0 Å². The molecule has 0 fully saturated rings. The molecule has 0 saturated carbocycles. The van der Waals surface area contributed by atoms with E-state index in [2.05, 4.69) is 4.72 Å². The van der Waals surface area contributed by atoms with Gasteiger partial charge in [0.05, 0.1) is 0 Å². The zero-order valence-electron chi connectivity index (χ0n) is 6.55. The van der Waals surface area contributed by atoms with Gasteiger partial charge < -0.3 is 4.72 Å². The molecule has 1 rings (SSSR count). The molecule has 1 nitrogen and oxygen atoms in total. The molecule has 4 heteroatoms. The summed E-state index contributed by atoms with van der Waals surface area (Å²) in [4.78, 5) is 0. The maximum absolute atomic E-state index is 11.7. The Labute approximate surface area is 74.3 Å². The van der Waals surface area contributed by atoms with Gasteiger partial charge in [-0.3, -0.25) is 0 Å². The molecule has 0 amide bonds. The van der Waals surface area contributed by atoms with Crippen LogP contribution in [0.5, 0.6) is 0 Å². The van der Waals surface area contributed by atoms with Crippen LogP contribution in [-0.4, -0.2) is 5.76 Å². The average molecular weight is 189 g/mol. The van der Waals surface area contributed by atoms with E-state index in [1.807, 2.05) is 25.1 Å². The van der Waals surface area contributed by atoms with E-state index in [9.17, 15) is 8.78 Å². The van der Waals surface area contributed by atoms with Crippen molar-refractivity contribution < 1.29 is 8.78 Å². The number of aryl methyl sites for hydroxylation is 1. The lowest BCUT2D eigenvalue weighted by Crippen LogP contribution is -1.91. The van der Waals surface area contributed by atoms with Gasteiger partial charge in [0.15, 0.2) is 0 Å². The molecule has 0 atom stereocenters. The van der Waals surface area contributed by atoms with Crippen LogP contribution in [0.4, 0.5) is 14.5 Å². The quantitative estimate of drug-likeness (QED) is 0.732. The predicted molar refractivity (Wildman–Crippen MR) is 48.4 cm³/mol. The predicted octanol–water partition coefficient (Wildman–Crippen LogP) is 3.28. The molecule has 0 aliphatic heterocycles. The van der Waals surface area contributed by atoms with Crippen molar-refractivity contribution >= 4 is 17.6 Å². The van der Waals surface area contributed by atoms with Gasteiger partial charge in [0, 0.05) is 17.6 Å². The fraction of sp³-hybridized carbons (Fsp3) is 0.250. The number of hydrogen-bond donors (Lipinski definition) is 1. The van der Waals surface area contributed by atoms with Crippen LogP contribution in [0.1, 0.15) is 5.56 Å². The van der Waals surface area contributed by atoms with Gasteiger partial charge in [0.2, 0.25) is 0 Å². The summed E-state index contributed by atoms with van der Waals surface area (Å²) in [6.07, 6.45) is 0. The second kappa shape index (κ2) is 4.30. The van der Waals surface area contributed by atoms with Crippen molar-refractivity contribution in [3.8, 4) is 0 Å². The Bertz CT molecular complexity index is 253. The van der Waals surface area contributed by atoms with E-state index in [1.54, 1.807) is 6.07 Å². The molecule has 0 unspecified atom stereocenters. The number of nitrogens with one attached hydrogen (secondary N) is 1. The topological polar surface area (TPSA) is 12.0 Å². The molecule has 0 aromatic heterocycles. The smallest absolute Gasteiger partial charge is 0.302 e. The van der Waals surface area contributed by atoms with Crippen molar-refractivity contribution in [2.45, 2.75) is 12.7 Å². The summed E-state index contributed by atoms with van der Waals surface area (Å²) in [5.74, 6) is -2.38. The highest BCUT2D eigenvalue weighted by atomic mass is 32.2. The summed E-state index contributed by atoms with van der Waals surface area (Å²) in [6, 6.07) is 7.31. The Hall–Kier alpha value is -0.770. The normalized spacial score (nSPS) is 10.3. The van der Waals surface area contributed by atoms with E-state index >= 15 is 0 Å². The summed E-state index contributed by atoms with van der Waals surface area (Å²) in [5, 5.41) is 0. The van der Waals surface area contributed by atoms with Gasteiger partial charge in [-0.2, -0.15) is 8.78 Å². The first kappa shape index (κ1) is 9.32. The van der Waals surface area contributed by atoms with Crippen LogP contribution in [0.2, 0.25) is 0 Å². The molecular formula is C8H9F2NS. The Balaban J connectivity index is 2.52. The number of alkyl halides is 2. The van der Waals surface area contributed by atoms with Gasteiger partial charge in [-0.25, -0.2) is 0 Å². The lowest BCUT2D eigenvalue weighted by atomic mass is 10.2. The van der Waals surface area contributed by atoms with Gasteiger partial charge in [-0.15, -0.1) is 0 Å². The number of halogens is 2. The largest absolute Gasteiger partial charge is 0.325 e. The molecule has 0 radical (unpaired) electrons. The van der Waals surface area contributed by atoms with Crippen LogP contribution in [0.25, 0.3) is 0 Å². The van der Waals surface area contributed by atoms with E-state index in [1.165, 1.54) is 0 Å². The number of anilines is 1. The fourth-order valence-corrected chi connectivity index (χ4v) is 1.17. The van der Waals surface area contributed by atoms with Crippen LogP contribution in [0.15, 0.2) is 24.3 Å². The average Bonchev–Trinajstić information content (AvgIpc) is 2.01. The molecule has 0 heterocycles. The van der Waals surface area contributed by atoms with E-state index in [-0.39, 0.29) is 0 Å². The Morgan fingerprint density at radius 1 is 1.42 bits per heavy atom.